The highest BCUT2D eigenvalue weighted by molar-refractivity contribution is 7.92. The maximum absolute atomic E-state index is 13.9. The van der Waals surface area contributed by atoms with E-state index >= 15 is 0 Å². The Hall–Kier alpha value is -4.05. The van der Waals surface area contributed by atoms with Crippen LogP contribution in [-0.2, 0) is 32.6 Å². The molecule has 0 bridgehead atoms. The third-order valence-electron chi connectivity index (χ3n) is 7.26. The molecular formula is C33H41N3O6S. The molecule has 0 fully saturated rings. The van der Waals surface area contributed by atoms with Crippen molar-refractivity contribution in [1.29, 1.82) is 0 Å². The predicted octanol–water partition coefficient (Wildman–Crippen LogP) is 4.56. The molecule has 10 heteroatoms. The highest BCUT2D eigenvalue weighted by Crippen LogP contribution is 2.34. The molecular weight excluding hydrogens is 566 g/mol. The predicted molar refractivity (Wildman–Crippen MR) is 168 cm³/mol. The summed E-state index contributed by atoms with van der Waals surface area (Å²) in [6.07, 6.45) is 3.63. The van der Waals surface area contributed by atoms with E-state index in [4.69, 9.17) is 9.47 Å². The zero-order valence-electron chi connectivity index (χ0n) is 24.9. The molecule has 0 aliphatic carbocycles. The normalized spacial score (nSPS) is 13.2. The van der Waals surface area contributed by atoms with Gasteiger partial charge in [-0.3, -0.25) is 13.9 Å². The highest BCUT2D eigenvalue weighted by atomic mass is 32.2. The number of carbonyl (C=O) groups excluding carboxylic acids is 2. The van der Waals surface area contributed by atoms with Crippen molar-refractivity contribution in [2.75, 3.05) is 36.9 Å². The van der Waals surface area contributed by atoms with Gasteiger partial charge in [0.1, 0.15) is 19.3 Å². The Morgan fingerprint density at radius 3 is 2.19 bits per heavy atom. The van der Waals surface area contributed by atoms with Crippen molar-refractivity contribution in [3.8, 4) is 11.5 Å². The molecule has 0 unspecified atom stereocenters. The number of sulfonamides is 1. The van der Waals surface area contributed by atoms with Gasteiger partial charge in [0.2, 0.25) is 21.8 Å². The number of carbonyl (C=O) groups is 2. The van der Waals surface area contributed by atoms with E-state index in [0.717, 1.165) is 30.2 Å². The van der Waals surface area contributed by atoms with Crippen molar-refractivity contribution >= 4 is 27.5 Å². The van der Waals surface area contributed by atoms with Gasteiger partial charge in [0.25, 0.3) is 0 Å². The maximum Gasteiger partial charge on any atom is 0.243 e. The first kappa shape index (κ1) is 31.9. The molecule has 43 heavy (non-hydrogen) atoms. The number of hydrogen-bond donors (Lipinski definition) is 1. The zero-order chi connectivity index (χ0) is 30.7. The first-order valence-corrected chi connectivity index (χ1v) is 16.6. The Morgan fingerprint density at radius 2 is 1.53 bits per heavy atom. The molecule has 0 aromatic heterocycles. The second-order valence-corrected chi connectivity index (χ2v) is 12.5. The van der Waals surface area contributed by atoms with Crippen LogP contribution < -0.4 is 19.1 Å². The van der Waals surface area contributed by atoms with Crippen LogP contribution in [0.5, 0.6) is 11.5 Å². The van der Waals surface area contributed by atoms with Gasteiger partial charge < -0.3 is 19.7 Å². The lowest BCUT2D eigenvalue weighted by atomic mass is 10.0. The van der Waals surface area contributed by atoms with Crippen LogP contribution in [0.3, 0.4) is 0 Å². The van der Waals surface area contributed by atoms with E-state index in [1.54, 1.807) is 23.1 Å². The maximum atomic E-state index is 13.9. The minimum atomic E-state index is -3.65. The third kappa shape index (κ3) is 9.22. The van der Waals surface area contributed by atoms with E-state index in [-0.39, 0.29) is 37.7 Å². The summed E-state index contributed by atoms with van der Waals surface area (Å²) in [7, 11) is -3.65. The van der Waals surface area contributed by atoms with Gasteiger partial charge >= 0.3 is 0 Å². The van der Waals surface area contributed by atoms with Gasteiger partial charge in [-0.1, -0.05) is 74.0 Å². The third-order valence-corrected chi connectivity index (χ3v) is 8.46. The van der Waals surface area contributed by atoms with Crippen molar-refractivity contribution in [3.05, 3.63) is 90.0 Å². The minimum absolute atomic E-state index is 0.0664. The van der Waals surface area contributed by atoms with Gasteiger partial charge in [0.15, 0.2) is 11.5 Å². The molecule has 230 valence electrons. The van der Waals surface area contributed by atoms with Gasteiger partial charge in [0, 0.05) is 38.5 Å². The van der Waals surface area contributed by atoms with Crippen LogP contribution in [0.4, 0.5) is 5.69 Å². The average Bonchev–Trinajstić information content (AvgIpc) is 3.01. The monoisotopic (exact) mass is 607 g/mol. The number of anilines is 1. The average molecular weight is 608 g/mol. The summed E-state index contributed by atoms with van der Waals surface area (Å²) in [5.41, 5.74) is 2.30. The van der Waals surface area contributed by atoms with Gasteiger partial charge in [-0.05, 0) is 36.1 Å². The molecule has 0 spiro atoms. The van der Waals surface area contributed by atoms with E-state index in [1.165, 1.54) is 4.31 Å². The van der Waals surface area contributed by atoms with Gasteiger partial charge in [-0.25, -0.2) is 8.42 Å². The lowest BCUT2D eigenvalue weighted by Gasteiger charge is -2.32. The summed E-state index contributed by atoms with van der Waals surface area (Å²) in [5.74, 6) is 0.638. The Bertz CT molecular complexity index is 1450. The van der Waals surface area contributed by atoms with Crippen molar-refractivity contribution in [3.63, 3.8) is 0 Å². The molecule has 1 N–H and O–H groups in total. The molecule has 1 atom stereocenters. The van der Waals surface area contributed by atoms with E-state index in [1.807, 2.05) is 60.7 Å². The number of ether oxygens (including phenoxy) is 2. The van der Waals surface area contributed by atoms with E-state index in [0.29, 0.717) is 43.4 Å². The molecule has 0 radical (unpaired) electrons. The van der Waals surface area contributed by atoms with Gasteiger partial charge in [0.05, 0.1) is 11.9 Å². The second kappa shape index (κ2) is 15.4. The standard InChI is InChI=1S/C33H41N3O6S/c1-3-4-19-34-33(38)29(23-26-12-7-5-8-13-26)35(25-27-14-9-6-10-15-27)32(37)16-11-20-36(43(2,39)40)28-17-18-30-31(24-28)42-22-21-41-30/h5-10,12-15,17-18,24,29H,3-4,11,16,19-23,25H2,1-2H3,(H,34,38)/t29-/m0/s1. The molecule has 3 aromatic rings. The summed E-state index contributed by atoms with van der Waals surface area (Å²) in [6.45, 7) is 3.77. The lowest BCUT2D eigenvalue weighted by Crippen LogP contribution is -2.50. The van der Waals surface area contributed by atoms with Crippen LogP contribution in [0.25, 0.3) is 0 Å². The smallest absolute Gasteiger partial charge is 0.243 e. The molecule has 1 heterocycles. The van der Waals surface area contributed by atoms with E-state index in [9.17, 15) is 18.0 Å². The van der Waals surface area contributed by atoms with Crippen LogP contribution in [0, 0.1) is 0 Å². The number of amides is 2. The second-order valence-electron chi connectivity index (χ2n) is 10.6. The number of rotatable bonds is 15. The fraction of sp³-hybridized carbons (Fsp3) is 0.394. The van der Waals surface area contributed by atoms with Crippen molar-refractivity contribution in [2.45, 2.75) is 51.6 Å². The Morgan fingerprint density at radius 1 is 0.884 bits per heavy atom. The SMILES string of the molecule is CCCCNC(=O)[C@H](Cc1ccccc1)N(Cc1ccccc1)C(=O)CCCN(c1ccc2c(c1)OCCO2)S(C)(=O)=O. The molecule has 1 aliphatic rings. The molecule has 3 aromatic carbocycles. The van der Waals surface area contributed by atoms with Crippen molar-refractivity contribution in [2.24, 2.45) is 0 Å². The van der Waals surface area contributed by atoms with Crippen LogP contribution in [0.2, 0.25) is 0 Å². The molecule has 1 aliphatic heterocycles. The van der Waals surface area contributed by atoms with Crippen LogP contribution in [-0.4, -0.2) is 63.7 Å². The number of unbranched alkanes of at least 4 members (excludes halogenated alkanes) is 1. The summed E-state index contributed by atoms with van der Waals surface area (Å²) >= 11 is 0. The quantitative estimate of drug-likeness (QED) is 0.254. The Labute approximate surface area is 254 Å². The fourth-order valence-corrected chi connectivity index (χ4v) is 5.99. The fourth-order valence-electron chi connectivity index (χ4n) is 5.03. The summed E-state index contributed by atoms with van der Waals surface area (Å²) in [6, 6.07) is 23.5. The molecule has 0 saturated carbocycles. The first-order chi connectivity index (χ1) is 20.8. The number of nitrogens with zero attached hydrogens (tertiary/aromatic N) is 2. The lowest BCUT2D eigenvalue weighted by molar-refractivity contribution is -0.141. The van der Waals surface area contributed by atoms with Crippen LogP contribution >= 0.6 is 0 Å². The molecule has 2 amide bonds. The molecule has 4 rings (SSSR count). The minimum Gasteiger partial charge on any atom is -0.486 e. The summed E-state index contributed by atoms with van der Waals surface area (Å²) in [5, 5.41) is 3.02. The summed E-state index contributed by atoms with van der Waals surface area (Å²) < 4.78 is 38.1. The largest absolute Gasteiger partial charge is 0.486 e. The number of benzene rings is 3. The van der Waals surface area contributed by atoms with Crippen molar-refractivity contribution < 1.29 is 27.5 Å². The van der Waals surface area contributed by atoms with E-state index in [2.05, 4.69) is 12.2 Å². The van der Waals surface area contributed by atoms with Crippen LogP contribution in [0.1, 0.15) is 43.7 Å². The zero-order valence-corrected chi connectivity index (χ0v) is 25.7. The molecule has 0 saturated heterocycles. The number of hydrogen-bond acceptors (Lipinski definition) is 6. The topological polar surface area (TPSA) is 105 Å². The Kier molecular flexibility index (Phi) is 11.4. The van der Waals surface area contributed by atoms with E-state index < -0.39 is 16.1 Å². The van der Waals surface area contributed by atoms with Gasteiger partial charge in [-0.15, -0.1) is 0 Å². The molecule has 9 nitrogen and oxygen atoms in total. The first-order valence-electron chi connectivity index (χ1n) is 14.8. The van der Waals surface area contributed by atoms with Crippen LogP contribution in [0.15, 0.2) is 78.9 Å². The van der Waals surface area contributed by atoms with Crippen molar-refractivity contribution in [1.82, 2.24) is 10.2 Å². The number of fused-ring (bicyclic) bond motifs is 1. The summed E-state index contributed by atoms with van der Waals surface area (Å²) in [4.78, 5) is 29.1. The van der Waals surface area contributed by atoms with Gasteiger partial charge in [-0.2, -0.15) is 0 Å². The Balaban J connectivity index is 1.54. The number of nitrogens with one attached hydrogen (secondary N) is 1. The highest BCUT2D eigenvalue weighted by Gasteiger charge is 2.30.